The molecule has 1 spiro atoms. The lowest BCUT2D eigenvalue weighted by Crippen LogP contribution is -2.51. The molecule has 0 saturated heterocycles. The van der Waals surface area contributed by atoms with Crippen LogP contribution in [0.1, 0.15) is 28.8 Å². The first kappa shape index (κ1) is 16.4. The van der Waals surface area contributed by atoms with Gasteiger partial charge < -0.3 is 14.2 Å². The fraction of sp³-hybridized carbons (Fsp3) is 0.250. The van der Waals surface area contributed by atoms with Crippen molar-refractivity contribution in [1.29, 1.82) is 0 Å². The van der Waals surface area contributed by atoms with Crippen molar-refractivity contribution in [2.75, 3.05) is 13.2 Å². The molecule has 2 aromatic rings. The van der Waals surface area contributed by atoms with Crippen LogP contribution in [0.4, 0.5) is 0 Å². The Morgan fingerprint density at radius 3 is 2.38 bits per heavy atom. The molecule has 0 bridgehead atoms. The van der Waals surface area contributed by atoms with Gasteiger partial charge in [-0.2, -0.15) is 0 Å². The Labute approximate surface area is 167 Å². The molecule has 0 radical (unpaired) electrons. The van der Waals surface area contributed by atoms with E-state index < -0.39 is 5.60 Å². The van der Waals surface area contributed by atoms with Gasteiger partial charge in [0.2, 0.25) is 11.4 Å². The second-order valence-electron chi connectivity index (χ2n) is 6.72. The molecule has 3 aliphatic heterocycles. The summed E-state index contributed by atoms with van der Waals surface area (Å²) in [5, 5.41) is 0. The number of Topliss-reactive ketones (excluding diaryl/α,β-unsaturated/α-hetero) is 1. The molecule has 3 heterocycles. The van der Waals surface area contributed by atoms with Gasteiger partial charge in [0, 0.05) is 20.9 Å². The molecule has 6 heteroatoms. The number of fused-ring (bicyclic) bond motifs is 3. The minimum absolute atomic E-state index is 0.0189. The highest BCUT2D eigenvalue weighted by Crippen LogP contribution is 2.47. The number of halogens is 2. The second kappa shape index (κ2) is 5.86. The second-order valence-corrected chi connectivity index (χ2v) is 8.55. The van der Waals surface area contributed by atoms with Crippen LogP contribution >= 0.6 is 31.9 Å². The van der Waals surface area contributed by atoms with Gasteiger partial charge in [0.15, 0.2) is 0 Å². The number of rotatable bonds is 0. The van der Waals surface area contributed by atoms with E-state index in [4.69, 9.17) is 14.2 Å². The molecular weight excluding hydrogens is 464 g/mol. The highest BCUT2D eigenvalue weighted by Gasteiger charge is 2.50. The van der Waals surface area contributed by atoms with Crippen LogP contribution in [0.25, 0.3) is 5.76 Å². The summed E-state index contributed by atoms with van der Waals surface area (Å²) in [7, 11) is 0. The Bertz CT molecular complexity index is 982. The topological polar surface area (TPSA) is 44.8 Å². The summed E-state index contributed by atoms with van der Waals surface area (Å²) in [6.45, 7) is 0.721. The summed E-state index contributed by atoms with van der Waals surface area (Å²) in [6.07, 6.45) is 1.34. The molecule has 3 aliphatic rings. The zero-order chi connectivity index (χ0) is 17.9. The lowest BCUT2D eigenvalue weighted by molar-refractivity contribution is -0.0147. The predicted molar refractivity (Wildman–Crippen MR) is 104 cm³/mol. The van der Waals surface area contributed by atoms with Crippen LogP contribution in [0, 0.1) is 0 Å². The third kappa shape index (κ3) is 2.42. The van der Waals surface area contributed by atoms with Gasteiger partial charge in [-0.25, -0.2) is 0 Å². The minimum Gasteiger partial charge on any atom is -0.488 e. The summed E-state index contributed by atoms with van der Waals surface area (Å²) < 4.78 is 19.9. The first-order chi connectivity index (χ1) is 12.6. The maximum Gasteiger partial charge on any atom is 0.213 e. The van der Waals surface area contributed by atoms with Gasteiger partial charge in [-0.1, -0.05) is 31.9 Å². The Hall–Kier alpha value is -1.79. The van der Waals surface area contributed by atoms with Gasteiger partial charge in [0.25, 0.3) is 0 Å². The fourth-order valence-corrected chi connectivity index (χ4v) is 4.43. The molecule has 2 aromatic carbocycles. The zero-order valence-corrected chi connectivity index (χ0v) is 16.9. The summed E-state index contributed by atoms with van der Waals surface area (Å²) in [6, 6.07) is 11.3. The zero-order valence-electron chi connectivity index (χ0n) is 13.7. The quantitative estimate of drug-likeness (QED) is 0.527. The number of ketones is 1. The molecule has 0 aromatic heterocycles. The fourth-order valence-electron chi connectivity index (χ4n) is 3.71. The van der Waals surface area contributed by atoms with Crippen LogP contribution in [0.15, 0.2) is 50.9 Å². The smallest absolute Gasteiger partial charge is 0.213 e. The number of benzene rings is 2. The van der Waals surface area contributed by atoms with E-state index in [1.54, 1.807) is 6.07 Å². The van der Waals surface area contributed by atoms with E-state index >= 15 is 0 Å². The normalized spacial score (nSPS) is 23.4. The van der Waals surface area contributed by atoms with Crippen LogP contribution in [0.2, 0.25) is 0 Å². The molecular formula is C20H14Br2O4. The van der Waals surface area contributed by atoms with Crippen LogP contribution < -0.4 is 9.47 Å². The Kier molecular flexibility index (Phi) is 3.69. The Morgan fingerprint density at radius 1 is 0.923 bits per heavy atom. The molecule has 1 atom stereocenters. The third-order valence-corrected chi connectivity index (χ3v) is 6.08. The molecule has 0 N–H and O–H groups in total. The molecule has 1 unspecified atom stereocenters. The molecule has 5 rings (SSSR count). The van der Waals surface area contributed by atoms with Crippen LogP contribution in [0.5, 0.6) is 11.5 Å². The van der Waals surface area contributed by atoms with Gasteiger partial charge in [-0.15, -0.1) is 0 Å². The first-order valence-corrected chi connectivity index (χ1v) is 9.95. The standard InChI is InChI=1S/C20H14Br2O4/c21-12-1-3-16-14(7-12)18-11(9-24-16)5-6-20(26-18)10-25-17-4-2-13(22)8-15(17)19(20)23/h1-4,7-8H,5-6,9-10H2. The average molecular weight is 478 g/mol. The lowest BCUT2D eigenvalue weighted by Gasteiger charge is -2.42. The van der Waals surface area contributed by atoms with Crippen molar-refractivity contribution in [3.05, 3.63) is 62.0 Å². The molecule has 26 heavy (non-hydrogen) atoms. The van der Waals surface area contributed by atoms with Crippen LogP contribution in [-0.4, -0.2) is 24.6 Å². The highest BCUT2D eigenvalue weighted by atomic mass is 79.9. The number of carbonyl (C=O) groups is 1. The van der Waals surface area contributed by atoms with Crippen molar-refractivity contribution in [1.82, 2.24) is 0 Å². The summed E-state index contributed by atoms with van der Waals surface area (Å²) in [5.41, 5.74) is 1.56. The van der Waals surface area contributed by atoms with Gasteiger partial charge in [0.05, 0.1) is 11.1 Å². The van der Waals surface area contributed by atoms with Crippen molar-refractivity contribution < 1.29 is 19.0 Å². The van der Waals surface area contributed by atoms with Crippen LogP contribution in [0.3, 0.4) is 0 Å². The Morgan fingerprint density at radius 2 is 1.62 bits per heavy atom. The highest BCUT2D eigenvalue weighted by molar-refractivity contribution is 9.10. The third-order valence-electron chi connectivity index (χ3n) is 5.10. The first-order valence-electron chi connectivity index (χ1n) is 8.37. The number of hydrogen-bond donors (Lipinski definition) is 0. The van der Waals surface area contributed by atoms with E-state index in [1.807, 2.05) is 30.3 Å². The van der Waals surface area contributed by atoms with Crippen molar-refractivity contribution in [3.63, 3.8) is 0 Å². The molecule has 0 saturated carbocycles. The number of ether oxygens (including phenoxy) is 3. The largest absolute Gasteiger partial charge is 0.488 e. The Balaban J connectivity index is 1.58. The van der Waals surface area contributed by atoms with E-state index in [0.717, 1.165) is 38.0 Å². The maximum absolute atomic E-state index is 13.3. The van der Waals surface area contributed by atoms with E-state index in [9.17, 15) is 4.79 Å². The molecule has 4 nitrogen and oxygen atoms in total. The van der Waals surface area contributed by atoms with Gasteiger partial charge in [0.1, 0.15) is 30.5 Å². The monoisotopic (exact) mass is 476 g/mol. The number of carbonyl (C=O) groups excluding carboxylic acids is 1. The summed E-state index contributed by atoms with van der Waals surface area (Å²) in [4.78, 5) is 13.3. The van der Waals surface area contributed by atoms with E-state index in [-0.39, 0.29) is 12.4 Å². The van der Waals surface area contributed by atoms with E-state index in [1.165, 1.54) is 0 Å². The molecule has 0 fully saturated rings. The van der Waals surface area contributed by atoms with Crippen molar-refractivity contribution in [2.24, 2.45) is 0 Å². The van der Waals surface area contributed by atoms with Gasteiger partial charge in [-0.05, 0) is 42.8 Å². The van der Waals surface area contributed by atoms with Crippen LogP contribution in [-0.2, 0) is 4.74 Å². The van der Waals surface area contributed by atoms with Gasteiger partial charge in [-0.3, -0.25) is 4.79 Å². The molecule has 0 aliphatic carbocycles. The molecule has 132 valence electrons. The predicted octanol–water partition coefficient (Wildman–Crippen LogP) is 5.14. The molecule has 0 amide bonds. The number of hydrogen-bond acceptors (Lipinski definition) is 4. The van der Waals surface area contributed by atoms with Crippen molar-refractivity contribution in [3.8, 4) is 11.5 Å². The van der Waals surface area contributed by atoms with Crippen molar-refractivity contribution >= 4 is 43.4 Å². The average Bonchev–Trinajstić information content (AvgIpc) is 2.65. The minimum atomic E-state index is -0.983. The maximum atomic E-state index is 13.3. The van der Waals surface area contributed by atoms with E-state index in [0.29, 0.717) is 24.3 Å². The SMILES string of the molecule is O=C1c2cc(Br)ccc2OCC12CCC1=C(O2)c2cc(Br)ccc2OC1. The summed E-state index contributed by atoms with van der Waals surface area (Å²) >= 11 is 6.94. The summed E-state index contributed by atoms with van der Waals surface area (Å²) in [5.74, 6) is 2.13. The van der Waals surface area contributed by atoms with Gasteiger partial charge >= 0.3 is 0 Å². The van der Waals surface area contributed by atoms with Crippen molar-refractivity contribution in [2.45, 2.75) is 18.4 Å². The lowest BCUT2D eigenvalue weighted by atomic mass is 9.82. The van der Waals surface area contributed by atoms with E-state index in [2.05, 4.69) is 31.9 Å².